The van der Waals surface area contributed by atoms with E-state index in [2.05, 4.69) is 9.72 Å². The number of carbonyl (C=O) groups is 1. The maximum absolute atomic E-state index is 12.4. The van der Waals surface area contributed by atoms with Crippen molar-refractivity contribution in [2.45, 2.75) is 25.0 Å². The summed E-state index contributed by atoms with van der Waals surface area (Å²) in [6, 6.07) is 7.23. The molecule has 5 nitrogen and oxygen atoms in total. The molecule has 0 saturated heterocycles. The van der Waals surface area contributed by atoms with E-state index >= 15 is 0 Å². The highest BCUT2D eigenvalue weighted by Gasteiger charge is 2.12. The average Bonchev–Trinajstić information content (AvgIpc) is 2.48. The predicted octanol–water partition coefficient (Wildman–Crippen LogP) is 2.07. The molecule has 0 radical (unpaired) electrons. The number of para-hydroxylation sites is 1. The van der Waals surface area contributed by atoms with Gasteiger partial charge in [-0.25, -0.2) is 4.98 Å². The molecule has 0 N–H and O–H groups in total. The van der Waals surface area contributed by atoms with Crippen LogP contribution in [0.3, 0.4) is 0 Å². The molecule has 0 bridgehead atoms. The van der Waals surface area contributed by atoms with Gasteiger partial charge in [0.1, 0.15) is 0 Å². The summed E-state index contributed by atoms with van der Waals surface area (Å²) in [5, 5.41) is 1.16. The first kappa shape index (κ1) is 14.6. The van der Waals surface area contributed by atoms with Gasteiger partial charge in [0, 0.05) is 6.54 Å². The third-order valence-corrected chi connectivity index (χ3v) is 3.77. The number of benzene rings is 1. The van der Waals surface area contributed by atoms with Crippen LogP contribution in [-0.4, -0.2) is 28.4 Å². The summed E-state index contributed by atoms with van der Waals surface area (Å²) in [6.45, 7) is 2.58. The molecule has 6 heteroatoms. The van der Waals surface area contributed by atoms with Crippen LogP contribution in [0.2, 0.25) is 0 Å². The number of hydrogen-bond acceptors (Lipinski definition) is 5. The fraction of sp³-hybridized carbons (Fsp3) is 0.357. The van der Waals surface area contributed by atoms with Crippen molar-refractivity contribution in [3.8, 4) is 0 Å². The van der Waals surface area contributed by atoms with Gasteiger partial charge in [0.05, 0.1) is 23.8 Å². The molecule has 0 unspecified atom stereocenters. The molecule has 0 amide bonds. The molecule has 0 spiro atoms. The lowest BCUT2D eigenvalue weighted by Crippen LogP contribution is -2.23. The lowest BCUT2D eigenvalue weighted by molar-refractivity contribution is -0.137. The first-order chi connectivity index (χ1) is 9.67. The Morgan fingerprint density at radius 3 is 2.85 bits per heavy atom. The molecule has 2 aromatic rings. The van der Waals surface area contributed by atoms with Crippen LogP contribution in [0.15, 0.2) is 34.2 Å². The van der Waals surface area contributed by atoms with Gasteiger partial charge in [0.15, 0.2) is 5.16 Å². The maximum Gasteiger partial charge on any atom is 0.316 e. The van der Waals surface area contributed by atoms with E-state index in [9.17, 15) is 9.59 Å². The number of nitrogens with zero attached hydrogens (tertiary/aromatic N) is 2. The van der Waals surface area contributed by atoms with E-state index in [4.69, 9.17) is 0 Å². The average molecular weight is 292 g/mol. The van der Waals surface area contributed by atoms with Gasteiger partial charge in [-0.1, -0.05) is 30.8 Å². The molecule has 106 valence electrons. The van der Waals surface area contributed by atoms with Crippen molar-refractivity contribution >= 4 is 28.6 Å². The molecular formula is C14H16N2O3S. The summed E-state index contributed by atoms with van der Waals surface area (Å²) in [5.41, 5.74) is 0.585. The molecule has 0 aliphatic rings. The van der Waals surface area contributed by atoms with Crippen molar-refractivity contribution in [1.29, 1.82) is 0 Å². The second-order valence-electron chi connectivity index (χ2n) is 4.23. The van der Waals surface area contributed by atoms with E-state index in [1.807, 2.05) is 19.1 Å². The normalized spacial score (nSPS) is 10.7. The number of ether oxygens (including phenoxy) is 1. The van der Waals surface area contributed by atoms with Crippen molar-refractivity contribution in [2.75, 3.05) is 12.9 Å². The lowest BCUT2D eigenvalue weighted by atomic mass is 10.2. The standard InChI is InChI=1S/C14H16N2O3S/c1-3-8-16-13(18)10-6-4-5-7-11(10)15-14(16)20-9-12(17)19-2/h4-7H,3,8-9H2,1-2H3. The number of carbonyl (C=O) groups excluding carboxylic acids is 1. The summed E-state index contributed by atoms with van der Waals surface area (Å²) in [6.07, 6.45) is 0.825. The van der Waals surface area contributed by atoms with Gasteiger partial charge < -0.3 is 4.74 Å². The minimum atomic E-state index is -0.333. The first-order valence-electron chi connectivity index (χ1n) is 6.36. The van der Waals surface area contributed by atoms with E-state index in [-0.39, 0.29) is 17.3 Å². The van der Waals surface area contributed by atoms with Crippen molar-refractivity contribution < 1.29 is 9.53 Å². The Morgan fingerprint density at radius 1 is 1.40 bits per heavy atom. The van der Waals surface area contributed by atoms with Crippen LogP contribution in [0.4, 0.5) is 0 Å². The summed E-state index contributed by atoms with van der Waals surface area (Å²) < 4.78 is 6.24. The number of thioether (sulfide) groups is 1. The van der Waals surface area contributed by atoms with Crippen molar-refractivity contribution in [2.24, 2.45) is 0 Å². The van der Waals surface area contributed by atoms with Gasteiger partial charge in [-0.15, -0.1) is 0 Å². The molecule has 2 rings (SSSR count). The van der Waals surface area contributed by atoms with Gasteiger partial charge in [0.2, 0.25) is 0 Å². The second kappa shape index (κ2) is 6.56. The van der Waals surface area contributed by atoms with Crippen LogP contribution >= 0.6 is 11.8 Å². The second-order valence-corrected chi connectivity index (χ2v) is 5.18. The maximum atomic E-state index is 12.4. The number of esters is 1. The monoisotopic (exact) mass is 292 g/mol. The number of rotatable bonds is 5. The van der Waals surface area contributed by atoms with Crippen molar-refractivity contribution in [3.63, 3.8) is 0 Å². The highest BCUT2D eigenvalue weighted by molar-refractivity contribution is 7.99. The number of hydrogen-bond donors (Lipinski definition) is 0. The molecule has 1 aromatic heterocycles. The number of fused-ring (bicyclic) bond motifs is 1. The highest BCUT2D eigenvalue weighted by atomic mass is 32.2. The molecule has 20 heavy (non-hydrogen) atoms. The third kappa shape index (κ3) is 3.01. The Labute approximate surface area is 121 Å². The molecule has 0 atom stereocenters. The van der Waals surface area contributed by atoms with E-state index in [0.29, 0.717) is 22.6 Å². The smallest absolute Gasteiger partial charge is 0.316 e. The van der Waals surface area contributed by atoms with E-state index in [1.54, 1.807) is 16.7 Å². The Kier molecular flexibility index (Phi) is 4.79. The zero-order valence-corrected chi connectivity index (χ0v) is 12.3. The van der Waals surface area contributed by atoms with Crippen LogP contribution in [0.5, 0.6) is 0 Å². The number of methoxy groups -OCH3 is 1. The van der Waals surface area contributed by atoms with Crippen LogP contribution in [0.1, 0.15) is 13.3 Å². The van der Waals surface area contributed by atoms with Gasteiger partial charge in [-0.05, 0) is 18.6 Å². The Morgan fingerprint density at radius 2 is 2.15 bits per heavy atom. The molecule has 0 aliphatic carbocycles. The predicted molar refractivity (Wildman–Crippen MR) is 79.0 cm³/mol. The fourth-order valence-corrected chi connectivity index (χ4v) is 2.72. The minimum Gasteiger partial charge on any atom is -0.468 e. The van der Waals surface area contributed by atoms with Gasteiger partial charge >= 0.3 is 5.97 Å². The summed E-state index contributed by atoms with van der Waals surface area (Å²) in [7, 11) is 1.34. The summed E-state index contributed by atoms with van der Waals surface area (Å²) in [4.78, 5) is 28.2. The van der Waals surface area contributed by atoms with Gasteiger partial charge in [-0.3, -0.25) is 14.2 Å². The Hall–Kier alpha value is -1.82. The molecule has 0 aliphatic heterocycles. The van der Waals surface area contributed by atoms with Crippen LogP contribution in [0.25, 0.3) is 10.9 Å². The largest absolute Gasteiger partial charge is 0.468 e. The zero-order valence-electron chi connectivity index (χ0n) is 11.5. The first-order valence-corrected chi connectivity index (χ1v) is 7.35. The van der Waals surface area contributed by atoms with E-state index < -0.39 is 0 Å². The highest BCUT2D eigenvalue weighted by Crippen LogP contribution is 2.18. The van der Waals surface area contributed by atoms with Crippen LogP contribution < -0.4 is 5.56 Å². The quantitative estimate of drug-likeness (QED) is 0.479. The number of aromatic nitrogens is 2. The van der Waals surface area contributed by atoms with Gasteiger partial charge in [0.25, 0.3) is 5.56 Å². The van der Waals surface area contributed by atoms with E-state index in [1.165, 1.54) is 18.9 Å². The summed E-state index contributed by atoms with van der Waals surface area (Å²) >= 11 is 1.23. The zero-order chi connectivity index (χ0) is 14.5. The molecule has 1 aromatic carbocycles. The SMILES string of the molecule is CCCn1c(SCC(=O)OC)nc2ccccc2c1=O. The molecule has 0 fully saturated rings. The van der Waals surface area contributed by atoms with Crippen molar-refractivity contribution in [3.05, 3.63) is 34.6 Å². The minimum absolute atomic E-state index is 0.0650. The molecular weight excluding hydrogens is 276 g/mol. The fourth-order valence-electron chi connectivity index (χ4n) is 1.86. The topological polar surface area (TPSA) is 61.2 Å². The van der Waals surface area contributed by atoms with Crippen molar-refractivity contribution in [1.82, 2.24) is 9.55 Å². The van der Waals surface area contributed by atoms with Gasteiger partial charge in [-0.2, -0.15) is 0 Å². The summed E-state index contributed by atoms with van der Waals surface area (Å²) in [5.74, 6) is -0.189. The molecule has 0 saturated carbocycles. The van der Waals surface area contributed by atoms with Crippen LogP contribution in [0, 0.1) is 0 Å². The molecule has 1 heterocycles. The Balaban J connectivity index is 2.48. The lowest BCUT2D eigenvalue weighted by Gasteiger charge is -2.11. The Bertz CT molecular complexity index is 682. The van der Waals surface area contributed by atoms with E-state index in [0.717, 1.165) is 6.42 Å². The van der Waals surface area contributed by atoms with Crippen LogP contribution in [-0.2, 0) is 16.1 Å². The third-order valence-electron chi connectivity index (χ3n) is 2.82.